The van der Waals surface area contributed by atoms with E-state index in [1.165, 1.54) is 12.1 Å². The van der Waals surface area contributed by atoms with E-state index in [4.69, 9.17) is 0 Å². The van der Waals surface area contributed by atoms with Crippen molar-refractivity contribution in [2.75, 3.05) is 6.54 Å². The summed E-state index contributed by atoms with van der Waals surface area (Å²) in [5.74, 6) is -1.11. The zero-order chi connectivity index (χ0) is 14.9. The number of nitrogens with zero attached hydrogens (tertiary/aromatic N) is 1. The number of rotatable bonds is 3. The largest absolute Gasteiger partial charge is 0.341 e. The molecule has 1 aliphatic rings. The van der Waals surface area contributed by atoms with Crippen molar-refractivity contribution in [1.29, 1.82) is 0 Å². The number of benzene rings is 1. The van der Waals surface area contributed by atoms with Crippen LogP contribution in [0.15, 0.2) is 22.7 Å². The molecule has 1 aliphatic heterocycles. The van der Waals surface area contributed by atoms with Gasteiger partial charge in [0.25, 0.3) is 6.43 Å². The fraction of sp³-hybridized carbons (Fsp3) is 0.308. The number of amides is 1. The van der Waals surface area contributed by atoms with Crippen LogP contribution in [0, 0.1) is 11.9 Å². The average Bonchev–Trinajstić information content (AvgIpc) is 2.37. The predicted molar refractivity (Wildman–Crippen MR) is 75.8 cm³/mol. The zero-order valence-electron chi connectivity index (χ0n) is 10.6. The summed E-state index contributed by atoms with van der Waals surface area (Å²) in [6.07, 6.45) is 0.318. The summed E-state index contributed by atoms with van der Waals surface area (Å²) in [4.78, 5) is 12.3. The normalized spacial score (nSPS) is 18.6. The molecular formula is C13H9Br2F3NOY-. The van der Waals surface area contributed by atoms with Crippen molar-refractivity contribution in [3.63, 3.8) is 0 Å². The molecule has 0 aromatic heterocycles. The second kappa shape index (κ2) is 8.22. The molecule has 21 heavy (non-hydrogen) atoms. The van der Waals surface area contributed by atoms with Crippen molar-refractivity contribution >= 4 is 43.5 Å². The van der Waals surface area contributed by atoms with Crippen LogP contribution in [0.2, 0.25) is 0 Å². The molecule has 1 aromatic rings. The van der Waals surface area contributed by atoms with E-state index in [1.54, 1.807) is 6.07 Å². The van der Waals surface area contributed by atoms with Gasteiger partial charge in [-0.1, -0.05) is 54.9 Å². The number of hydrogen-bond donors (Lipinski definition) is 0. The molecule has 0 bridgehead atoms. The fourth-order valence-electron chi connectivity index (χ4n) is 1.91. The van der Waals surface area contributed by atoms with Crippen molar-refractivity contribution in [3.8, 4) is 0 Å². The molecule has 8 heteroatoms. The molecule has 1 atom stereocenters. The maximum absolute atomic E-state index is 13.9. The minimum atomic E-state index is -2.71. The zero-order valence-corrected chi connectivity index (χ0v) is 16.6. The fourth-order valence-corrected chi connectivity index (χ4v) is 2.85. The second-order valence-electron chi connectivity index (χ2n) is 4.13. The van der Waals surface area contributed by atoms with Gasteiger partial charge in [0, 0.05) is 32.7 Å². The molecule has 1 aromatic carbocycles. The van der Waals surface area contributed by atoms with Gasteiger partial charge in [-0.15, -0.1) is 11.3 Å². The molecule has 1 unspecified atom stereocenters. The Morgan fingerprint density at radius 2 is 2.10 bits per heavy atom. The van der Waals surface area contributed by atoms with Crippen LogP contribution < -0.4 is 0 Å². The smallest absolute Gasteiger partial charge is 0.256 e. The number of allylic oxidation sites excluding steroid dienone is 1. The Bertz CT molecular complexity index is 548. The predicted octanol–water partition coefficient (Wildman–Crippen LogP) is 3.99. The molecule has 0 saturated heterocycles. The van der Waals surface area contributed by atoms with Gasteiger partial charge in [-0.2, -0.15) is 0 Å². The molecule has 111 valence electrons. The summed E-state index contributed by atoms with van der Waals surface area (Å²) >= 11 is 6.28. The van der Waals surface area contributed by atoms with Crippen molar-refractivity contribution in [1.82, 2.24) is 4.90 Å². The number of halogens is 5. The van der Waals surface area contributed by atoms with Crippen LogP contribution in [-0.2, 0) is 37.5 Å². The number of alkyl halides is 3. The van der Waals surface area contributed by atoms with Crippen molar-refractivity contribution in [3.05, 3.63) is 40.1 Å². The van der Waals surface area contributed by atoms with Crippen LogP contribution in [0.25, 0.3) is 5.70 Å². The van der Waals surface area contributed by atoms with Crippen molar-refractivity contribution in [2.45, 2.75) is 17.7 Å². The maximum atomic E-state index is 13.9. The molecular weight excluding hydrogens is 492 g/mol. The Labute approximate surface area is 162 Å². The van der Waals surface area contributed by atoms with Crippen molar-refractivity contribution in [2.24, 2.45) is 0 Å². The van der Waals surface area contributed by atoms with Crippen LogP contribution in [0.1, 0.15) is 12.0 Å². The van der Waals surface area contributed by atoms with Gasteiger partial charge in [-0.05, 0) is 6.07 Å². The van der Waals surface area contributed by atoms with E-state index < -0.39 is 29.5 Å². The minimum absolute atomic E-state index is 0. The molecule has 0 fully saturated rings. The number of hydrogen-bond acceptors (Lipinski definition) is 1. The standard InChI is InChI=1S/C13H9Br2F3NO.Y/c14-7-2-1-3-9(16)12(7)10-5-4-8(15)13(20)19(10)6-11(17)18;/h1-3,8,11H,4,6H2;/q-1;. The van der Waals surface area contributed by atoms with E-state index in [1.807, 2.05) is 0 Å². The quantitative estimate of drug-likeness (QED) is 0.454. The van der Waals surface area contributed by atoms with Crippen molar-refractivity contribution < 1.29 is 50.7 Å². The van der Waals surface area contributed by atoms with Crippen LogP contribution in [0.5, 0.6) is 0 Å². The summed E-state index contributed by atoms with van der Waals surface area (Å²) in [6.45, 7) is -0.788. The first-order valence-electron chi connectivity index (χ1n) is 5.70. The summed E-state index contributed by atoms with van der Waals surface area (Å²) in [5, 5.41) is 0. The Balaban J connectivity index is 0.00000220. The molecule has 0 aliphatic carbocycles. The van der Waals surface area contributed by atoms with E-state index in [9.17, 15) is 18.0 Å². The van der Waals surface area contributed by atoms with Gasteiger partial charge in [0.15, 0.2) is 0 Å². The van der Waals surface area contributed by atoms with Gasteiger partial charge in [0.2, 0.25) is 5.91 Å². The van der Waals surface area contributed by atoms with E-state index in [0.717, 1.165) is 4.90 Å². The van der Waals surface area contributed by atoms with Crippen LogP contribution in [-0.4, -0.2) is 28.6 Å². The number of carbonyl (C=O) groups is 1. The summed E-state index contributed by atoms with van der Waals surface area (Å²) < 4.78 is 39.6. The van der Waals surface area contributed by atoms with E-state index in [-0.39, 0.29) is 50.4 Å². The minimum Gasteiger partial charge on any atom is -0.341 e. The van der Waals surface area contributed by atoms with Crippen LogP contribution in [0.4, 0.5) is 13.2 Å². The first-order chi connectivity index (χ1) is 9.41. The SMILES string of the molecule is O=C1C(Br)C[C-]=C(c2c(F)cccc2Br)N1CC(F)F.[Y]. The van der Waals surface area contributed by atoms with Gasteiger partial charge in [0.1, 0.15) is 0 Å². The first kappa shape index (κ1) is 19.3. The molecule has 1 radical (unpaired) electrons. The Kier molecular flexibility index (Phi) is 7.57. The third-order valence-corrected chi connectivity index (χ3v) is 4.15. The Hall–Kier alpha value is 0.284. The summed E-state index contributed by atoms with van der Waals surface area (Å²) in [5.41, 5.74) is 0.122. The Morgan fingerprint density at radius 1 is 1.43 bits per heavy atom. The van der Waals surface area contributed by atoms with Gasteiger partial charge in [0.05, 0.1) is 17.2 Å². The van der Waals surface area contributed by atoms with Crippen LogP contribution >= 0.6 is 31.9 Å². The average molecular weight is 501 g/mol. The molecule has 1 heterocycles. The molecule has 0 saturated carbocycles. The monoisotopic (exact) mass is 499 g/mol. The topological polar surface area (TPSA) is 20.3 Å². The molecule has 2 nitrogen and oxygen atoms in total. The van der Waals surface area contributed by atoms with Gasteiger partial charge >= 0.3 is 0 Å². The van der Waals surface area contributed by atoms with E-state index in [2.05, 4.69) is 37.9 Å². The molecule has 1 amide bonds. The summed E-state index contributed by atoms with van der Waals surface area (Å²) in [7, 11) is 0. The maximum Gasteiger partial charge on any atom is 0.256 e. The van der Waals surface area contributed by atoms with Crippen LogP contribution in [0.3, 0.4) is 0 Å². The molecule has 0 spiro atoms. The molecule has 2 rings (SSSR count). The van der Waals surface area contributed by atoms with E-state index in [0.29, 0.717) is 4.47 Å². The van der Waals surface area contributed by atoms with Gasteiger partial charge < -0.3 is 4.90 Å². The van der Waals surface area contributed by atoms with Gasteiger partial charge in [-0.3, -0.25) is 4.79 Å². The third-order valence-electron chi connectivity index (χ3n) is 2.77. The first-order valence-corrected chi connectivity index (χ1v) is 7.41. The van der Waals surface area contributed by atoms with Gasteiger partial charge in [-0.25, -0.2) is 19.2 Å². The third kappa shape index (κ3) is 4.39. The van der Waals surface area contributed by atoms with E-state index >= 15 is 0 Å². The summed E-state index contributed by atoms with van der Waals surface area (Å²) in [6, 6.07) is 4.28. The second-order valence-corrected chi connectivity index (χ2v) is 6.09. The number of carbonyl (C=O) groups excluding carboxylic acids is 1. The molecule has 0 N–H and O–H groups in total. The Morgan fingerprint density at radius 3 is 2.67 bits per heavy atom.